The van der Waals surface area contributed by atoms with Crippen LogP contribution in [0, 0.1) is 5.92 Å². The van der Waals surface area contributed by atoms with Gasteiger partial charge in [-0.05, 0) is 36.5 Å². The van der Waals surface area contributed by atoms with Gasteiger partial charge >= 0.3 is 5.97 Å². The molecule has 1 aromatic rings. The summed E-state index contributed by atoms with van der Waals surface area (Å²) in [4.78, 5) is 34.3. The summed E-state index contributed by atoms with van der Waals surface area (Å²) >= 11 is 0. The summed E-state index contributed by atoms with van der Waals surface area (Å²) in [6, 6.07) is 6.85. The van der Waals surface area contributed by atoms with E-state index in [4.69, 9.17) is 9.84 Å². The van der Waals surface area contributed by atoms with Gasteiger partial charge in [0.1, 0.15) is 5.75 Å². The number of carboxylic acid groups (broad SMARTS) is 1. The molecule has 1 saturated carbocycles. The molecule has 7 heteroatoms. The molecule has 0 aliphatic heterocycles. The zero-order chi connectivity index (χ0) is 18.8. The molecular formula is C19H26N2O5. The van der Waals surface area contributed by atoms with Gasteiger partial charge in [-0.2, -0.15) is 0 Å². The van der Waals surface area contributed by atoms with Crippen molar-refractivity contribution >= 4 is 17.8 Å². The van der Waals surface area contributed by atoms with E-state index in [1.54, 1.807) is 24.3 Å². The minimum Gasteiger partial charge on any atom is -0.482 e. The van der Waals surface area contributed by atoms with Crippen LogP contribution >= 0.6 is 0 Å². The Kier molecular flexibility index (Phi) is 7.92. The number of carbonyl (C=O) groups is 3. The maximum Gasteiger partial charge on any atom is 0.341 e. The van der Waals surface area contributed by atoms with Crippen LogP contribution in [0.1, 0.15) is 44.1 Å². The zero-order valence-corrected chi connectivity index (χ0v) is 14.8. The van der Waals surface area contributed by atoms with E-state index in [1.807, 2.05) is 0 Å². The molecule has 0 bridgehead atoms. The Morgan fingerprint density at radius 3 is 2.58 bits per heavy atom. The van der Waals surface area contributed by atoms with Crippen molar-refractivity contribution in [3.8, 4) is 5.75 Å². The standard InChI is InChI=1S/C19H26N2O5/c22-17(10-14-5-2-1-3-6-14)21-12-18(23)20-11-15-7-4-8-16(9-15)26-13-19(24)25/h4,7-9,14H,1-3,5-6,10-13H2,(H,20,23)(H,21,22)(H,24,25). The third-order valence-corrected chi connectivity index (χ3v) is 4.40. The number of nitrogens with one attached hydrogen (secondary N) is 2. The molecule has 0 aromatic heterocycles. The topological polar surface area (TPSA) is 105 Å². The van der Waals surface area contributed by atoms with Crippen LogP contribution in [0.4, 0.5) is 0 Å². The number of rotatable bonds is 9. The third-order valence-electron chi connectivity index (χ3n) is 4.40. The Balaban J connectivity index is 1.67. The van der Waals surface area contributed by atoms with Gasteiger partial charge in [0.05, 0.1) is 6.54 Å². The molecule has 3 N–H and O–H groups in total. The van der Waals surface area contributed by atoms with Crippen molar-refractivity contribution in [1.29, 1.82) is 0 Å². The average molecular weight is 362 g/mol. The van der Waals surface area contributed by atoms with Crippen molar-refractivity contribution in [2.75, 3.05) is 13.2 Å². The van der Waals surface area contributed by atoms with Crippen molar-refractivity contribution in [1.82, 2.24) is 10.6 Å². The monoisotopic (exact) mass is 362 g/mol. The highest BCUT2D eigenvalue weighted by molar-refractivity contribution is 5.84. The van der Waals surface area contributed by atoms with Gasteiger partial charge in [0, 0.05) is 13.0 Å². The average Bonchev–Trinajstić information content (AvgIpc) is 2.64. The smallest absolute Gasteiger partial charge is 0.341 e. The molecule has 1 aliphatic carbocycles. The lowest BCUT2D eigenvalue weighted by atomic mass is 9.87. The molecule has 1 aliphatic rings. The van der Waals surface area contributed by atoms with Crippen LogP contribution in [0.15, 0.2) is 24.3 Å². The van der Waals surface area contributed by atoms with Crippen molar-refractivity contribution in [2.24, 2.45) is 5.92 Å². The lowest BCUT2D eigenvalue weighted by Gasteiger charge is -2.20. The highest BCUT2D eigenvalue weighted by Crippen LogP contribution is 2.25. The zero-order valence-electron chi connectivity index (χ0n) is 14.8. The predicted molar refractivity (Wildman–Crippen MR) is 95.6 cm³/mol. The first kappa shape index (κ1) is 19.8. The van der Waals surface area contributed by atoms with Gasteiger partial charge in [-0.1, -0.05) is 31.4 Å². The van der Waals surface area contributed by atoms with Crippen LogP contribution in [-0.4, -0.2) is 36.0 Å². The van der Waals surface area contributed by atoms with Crippen molar-refractivity contribution < 1.29 is 24.2 Å². The summed E-state index contributed by atoms with van der Waals surface area (Å²) in [6.07, 6.45) is 6.32. The molecule has 2 rings (SSSR count). The largest absolute Gasteiger partial charge is 0.482 e. The maximum absolute atomic E-state index is 11.9. The summed E-state index contributed by atoms with van der Waals surface area (Å²) in [5.74, 6) is -0.511. The summed E-state index contributed by atoms with van der Waals surface area (Å²) in [6.45, 7) is -0.175. The molecule has 0 atom stereocenters. The molecule has 1 fully saturated rings. The first-order chi connectivity index (χ1) is 12.5. The minimum atomic E-state index is -1.05. The number of benzene rings is 1. The van der Waals surface area contributed by atoms with Crippen LogP contribution in [0.2, 0.25) is 0 Å². The van der Waals surface area contributed by atoms with Crippen LogP contribution in [0.5, 0.6) is 5.75 Å². The van der Waals surface area contributed by atoms with E-state index in [0.29, 0.717) is 18.1 Å². The minimum absolute atomic E-state index is 0.0409. The second-order valence-electron chi connectivity index (χ2n) is 6.59. The Labute approximate surface area is 153 Å². The Morgan fingerprint density at radius 1 is 1.08 bits per heavy atom. The van der Waals surface area contributed by atoms with Crippen LogP contribution in [0.3, 0.4) is 0 Å². The molecular weight excluding hydrogens is 336 g/mol. The van der Waals surface area contributed by atoms with Gasteiger partial charge in [0.25, 0.3) is 0 Å². The first-order valence-corrected chi connectivity index (χ1v) is 9.00. The van der Waals surface area contributed by atoms with Crippen molar-refractivity contribution in [2.45, 2.75) is 45.1 Å². The second-order valence-corrected chi connectivity index (χ2v) is 6.59. The summed E-state index contributed by atoms with van der Waals surface area (Å²) in [7, 11) is 0. The predicted octanol–water partition coefficient (Wildman–Crippen LogP) is 1.85. The third kappa shape index (κ3) is 7.55. The molecule has 142 valence electrons. The van der Waals surface area contributed by atoms with E-state index in [0.717, 1.165) is 18.4 Å². The lowest BCUT2D eigenvalue weighted by Crippen LogP contribution is -2.37. The van der Waals surface area contributed by atoms with E-state index in [-0.39, 0.29) is 24.9 Å². The normalized spacial score (nSPS) is 14.5. The molecule has 0 unspecified atom stereocenters. The highest BCUT2D eigenvalue weighted by Gasteiger charge is 2.17. The fraction of sp³-hybridized carbons (Fsp3) is 0.526. The fourth-order valence-electron chi connectivity index (χ4n) is 3.06. The molecule has 26 heavy (non-hydrogen) atoms. The lowest BCUT2D eigenvalue weighted by molar-refractivity contribution is -0.139. The second kappa shape index (κ2) is 10.4. The van der Waals surface area contributed by atoms with Crippen LogP contribution in [0.25, 0.3) is 0 Å². The van der Waals surface area contributed by atoms with Gasteiger partial charge in [-0.25, -0.2) is 4.79 Å². The van der Waals surface area contributed by atoms with Crippen LogP contribution < -0.4 is 15.4 Å². The van der Waals surface area contributed by atoms with E-state index >= 15 is 0 Å². The molecule has 7 nitrogen and oxygen atoms in total. The van der Waals surface area contributed by atoms with Gasteiger partial charge in [0.15, 0.2) is 6.61 Å². The first-order valence-electron chi connectivity index (χ1n) is 9.00. The maximum atomic E-state index is 11.9. The summed E-state index contributed by atoms with van der Waals surface area (Å²) < 4.78 is 5.10. The molecule has 0 radical (unpaired) electrons. The number of aliphatic carboxylic acids is 1. The number of amides is 2. The van der Waals surface area contributed by atoms with E-state index in [1.165, 1.54) is 19.3 Å². The molecule has 2 amide bonds. The Morgan fingerprint density at radius 2 is 1.85 bits per heavy atom. The SMILES string of the molecule is O=C(O)COc1cccc(CNC(=O)CNC(=O)CC2CCCCC2)c1. The summed E-state index contributed by atoms with van der Waals surface area (Å²) in [5.41, 5.74) is 0.787. The molecule has 0 spiro atoms. The number of carbonyl (C=O) groups excluding carboxylic acids is 2. The van der Waals surface area contributed by atoms with Gasteiger partial charge < -0.3 is 20.5 Å². The Bertz CT molecular complexity index is 626. The van der Waals surface area contributed by atoms with E-state index in [9.17, 15) is 14.4 Å². The van der Waals surface area contributed by atoms with E-state index < -0.39 is 12.6 Å². The molecule has 1 aromatic carbocycles. The molecule has 0 heterocycles. The fourth-order valence-corrected chi connectivity index (χ4v) is 3.06. The number of hydrogen-bond donors (Lipinski definition) is 3. The van der Waals surface area contributed by atoms with Crippen LogP contribution in [-0.2, 0) is 20.9 Å². The van der Waals surface area contributed by atoms with Crippen molar-refractivity contribution in [3.05, 3.63) is 29.8 Å². The van der Waals surface area contributed by atoms with Gasteiger partial charge in [0.2, 0.25) is 11.8 Å². The number of carboxylic acids is 1. The number of ether oxygens (including phenoxy) is 1. The van der Waals surface area contributed by atoms with Crippen molar-refractivity contribution in [3.63, 3.8) is 0 Å². The van der Waals surface area contributed by atoms with E-state index in [2.05, 4.69) is 10.6 Å². The number of hydrogen-bond acceptors (Lipinski definition) is 4. The molecule has 0 saturated heterocycles. The van der Waals surface area contributed by atoms with Gasteiger partial charge in [-0.15, -0.1) is 0 Å². The quantitative estimate of drug-likeness (QED) is 0.622. The highest BCUT2D eigenvalue weighted by atomic mass is 16.5. The van der Waals surface area contributed by atoms with Gasteiger partial charge in [-0.3, -0.25) is 9.59 Å². The Hall–Kier alpha value is -2.57. The summed E-state index contributed by atoms with van der Waals surface area (Å²) in [5, 5.41) is 14.0.